The molecule has 0 saturated heterocycles. The van der Waals surface area contributed by atoms with Gasteiger partial charge in [0.25, 0.3) is 17.6 Å². The van der Waals surface area contributed by atoms with Gasteiger partial charge in [0, 0.05) is 24.3 Å². The molecule has 4 aromatic rings. The van der Waals surface area contributed by atoms with Crippen LogP contribution in [0.3, 0.4) is 0 Å². The van der Waals surface area contributed by atoms with Gasteiger partial charge in [0.05, 0.1) is 6.04 Å². The van der Waals surface area contributed by atoms with E-state index in [1.54, 1.807) is 24.6 Å². The molecule has 0 spiro atoms. The molecule has 0 radical (unpaired) electrons. The summed E-state index contributed by atoms with van der Waals surface area (Å²) in [7, 11) is 0. The van der Waals surface area contributed by atoms with Gasteiger partial charge < -0.3 is 21.3 Å². The van der Waals surface area contributed by atoms with E-state index >= 15 is 0 Å². The summed E-state index contributed by atoms with van der Waals surface area (Å²) in [6.45, 7) is 2.16. The van der Waals surface area contributed by atoms with Crippen molar-refractivity contribution >= 4 is 40.7 Å². The molecule has 42 heavy (non-hydrogen) atoms. The molecule has 0 saturated carbocycles. The van der Waals surface area contributed by atoms with Crippen molar-refractivity contribution in [2.75, 3.05) is 6.54 Å². The molecule has 0 aliphatic carbocycles. The molecule has 0 unspecified atom stereocenters. The molecule has 218 valence electrons. The van der Waals surface area contributed by atoms with Gasteiger partial charge in [0.1, 0.15) is 22.8 Å². The van der Waals surface area contributed by atoms with Crippen molar-refractivity contribution in [3.8, 4) is 0 Å². The van der Waals surface area contributed by atoms with Crippen LogP contribution in [-0.2, 0) is 16.0 Å². The summed E-state index contributed by atoms with van der Waals surface area (Å²) in [6.07, 6.45) is 5.27. The van der Waals surface area contributed by atoms with E-state index in [2.05, 4.69) is 41.3 Å². The number of hydrogen-bond donors (Lipinski definition) is 4. The van der Waals surface area contributed by atoms with Crippen molar-refractivity contribution < 1.29 is 19.2 Å². The molecular formula is C28H31N9O4S. The van der Waals surface area contributed by atoms with Gasteiger partial charge in [-0.1, -0.05) is 37.3 Å². The van der Waals surface area contributed by atoms with Crippen LogP contribution >= 0.6 is 11.3 Å². The van der Waals surface area contributed by atoms with E-state index < -0.39 is 35.8 Å². The molecule has 1 aliphatic rings. The van der Waals surface area contributed by atoms with E-state index in [1.165, 1.54) is 22.0 Å². The molecular weight excluding hydrogens is 558 g/mol. The number of rotatable bonds is 5. The van der Waals surface area contributed by atoms with Crippen molar-refractivity contribution in [2.24, 2.45) is 0 Å². The van der Waals surface area contributed by atoms with Gasteiger partial charge in [0.15, 0.2) is 0 Å². The van der Waals surface area contributed by atoms with Crippen LogP contribution in [0.15, 0.2) is 54.2 Å². The molecule has 0 fully saturated rings. The van der Waals surface area contributed by atoms with Crippen molar-refractivity contribution in [1.82, 2.24) is 45.8 Å². The highest BCUT2D eigenvalue weighted by Crippen LogP contribution is 2.23. The Hall–Kier alpha value is -4.72. The third kappa shape index (κ3) is 6.94. The summed E-state index contributed by atoms with van der Waals surface area (Å²) in [5.41, 5.74) is 1.27. The average molecular weight is 590 g/mol. The predicted octanol–water partition coefficient (Wildman–Crippen LogP) is 1.59. The Morgan fingerprint density at radius 2 is 1.86 bits per heavy atom. The van der Waals surface area contributed by atoms with Gasteiger partial charge in [-0.15, -0.1) is 16.4 Å². The molecule has 1 aliphatic heterocycles. The Kier molecular flexibility index (Phi) is 9.12. The average Bonchev–Trinajstić information content (AvgIpc) is 3.67. The SMILES string of the molecule is CC[C@H]1NC(=O)[C@@H](NC(=O)c2nc3ncccn3n2)CCCCNC(=O)c2csc(n2)[C@H](Cc2ccccc2)NC1=O. The van der Waals surface area contributed by atoms with Crippen LogP contribution < -0.4 is 21.3 Å². The first-order chi connectivity index (χ1) is 20.4. The first kappa shape index (κ1) is 28.8. The lowest BCUT2D eigenvalue weighted by Crippen LogP contribution is -2.54. The van der Waals surface area contributed by atoms with Gasteiger partial charge in [-0.2, -0.15) is 4.98 Å². The number of hydrogen-bond acceptors (Lipinski definition) is 9. The highest BCUT2D eigenvalue weighted by Gasteiger charge is 2.29. The lowest BCUT2D eigenvalue weighted by atomic mass is 10.0. The van der Waals surface area contributed by atoms with E-state index in [1.807, 2.05) is 30.3 Å². The standard InChI is InChI=1S/C28H31N9O4S/c1-2-18-24(39)33-20(15-17-9-4-3-5-10-17)27-34-21(16-42-27)23(38)29-12-7-6-11-19(25(40)31-18)32-26(41)22-35-28-30-13-8-14-37(28)36-22/h3-5,8-10,13-14,16,18-20H,2,6-7,11-12,15H2,1H3,(H,29,38)(H,31,40)(H,32,41)(H,33,39)/t18-,19+,20+/m1/s1. The molecule has 4 heterocycles. The second-order valence-electron chi connectivity index (χ2n) is 9.87. The second-order valence-corrected chi connectivity index (χ2v) is 10.8. The fourth-order valence-electron chi connectivity index (χ4n) is 4.59. The molecule has 3 atom stereocenters. The van der Waals surface area contributed by atoms with Crippen molar-refractivity contribution in [2.45, 2.75) is 57.2 Å². The van der Waals surface area contributed by atoms with E-state index in [4.69, 9.17) is 0 Å². The van der Waals surface area contributed by atoms with Gasteiger partial charge in [-0.05, 0) is 43.7 Å². The number of nitrogens with one attached hydrogen (secondary N) is 4. The first-order valence-electron chi connectivity index (χ1n) is 13.8. The third-order valence-corrected chi connectivity index (χ3v) is 7.80. The molecule has 4 N–H and O–H groups in total. The zero-order valence-corrected chi connectivity index (χ0v) is 23.8. The number of nitrogens with zero attached hydrogens (tertiary/aromatic N) is 5. The zero-order chi connectivity index (χ0) is 29.5. The van der Waals surface area contributed by atoms with Crippen LogP contribution in [0.2, 0.25) is 0 Å². The number of amides is 4. The van der Waals surface area contributed by atoms with E-state index in [0.29, 0.717) is 37.2 Å². The maximum absolute atomic E-state index is 13.5. The Morgan fingerprint density at radius 3 is 2.64 bits per heavy atom. The minimum Gasteiger partial charge on any atom is -0.351 e. The van der Waals surface area contributed by atoms with E-state index in [9.17, 15) is 19.2 Å². The summed E-state index contributed by atoms with van der Waals surface area (Å²) in [5, 5.41) is 17.8. The maximum Gasteiger partial charge on any atom is 0.291 e. The van der Waals surface area contributed by atoms with Crippen LogP contribution in [0.5, 0.6) is 0 Å². The van der Waals surface area contributed by atoms with Crippen molar-refractivity contribution in [3.05, 3.63) is 76.3 Å². The Labute approximate surface area is 245 Å². The summed E-state index contributed by atoms with van der Waals surface area (Å²) < 4.78 is 1.37. The summed E-state index contributed by atoms with van der Waals surface area (Å²) in [6, 6.07) is 8.96. The smallest absolute Gasteiger partial charge is 0.291 e. The van der Waals surface area contributed by atoms with Crippen LogP contribution in [0.1, 0.15) is 70.3 Å². The highest BCUT2D eigenvalue weighted by atomic mass is 32.1. The molecule has 2 bridgehead atoms. The molecule has 14 heteroatoms. The molecule has 3 aromatic heterocycles. The summed E-state index contributed by atoms with van der Waals surface area (Å²) >= 11 is 1.30. The largest absolute Gasteiger partial charge is 0.351 e. The zero-order valence-electron chi connectivity index (χ0n) is 22.9. The maximum atomic E-state index is 13.5. The lowest BCUT2D eigenvalue weighted by molar-refractivity contribution is -0.130. The van der Waals surface area contributed by atoms with E-state index in [0.717, 1.165) is 5.56 Å². The minimum atomic E-state index is -0.957. The Morgan fingerprint density at radius 1 is 1.05 bits per heavy atom. The summed E-state index contributed by atoms with van der Waals surface area (Å²) in [4.78, 5) is 65.4. The second kappa shape index (κ2) is 13.3. The van der Waals surface area contributed by atoms with Gasteiger partial charge in [-0.25, -0.2) is 14.5 Å². The number of aromatic nitrogens is 5. The number of carbonyl (C=O) groups is 4. The van der Waals surface area contributed by atoms with Crippen LogP contribution in [0.25, 0.3) is 5.78 Å². The third-order valence-electron chi connectivity index (χ3n) is 6.84. The number of thiazole rings is 1. The number of carbonyl (C=O) groups excluding carboxylic acids is 4. The number of benzene rings is 1. The molecule has 5 rings (SSSR count). The Bertz CT molecular complexity index is 1540. The minimum absolute atomic E-state index is 0.128. The lowest BCUT2D eigenvalue weighted by Gasteiger charge is -2.24. The topological polar surface area (TPSA) is 172 Å². The van der Waals surface area contributed by atoms with Gasteiger partial charge >= 0.3 is 0 Å². The van der Waals surface area contributed by atoms with Crippen LogP contribution in [0.4, 0.5) is 0 Å². The fraction of sp³-hybridized carbons (Fsp3) is 0.357. The quantitative estimate of drug-likeness (QED) is 0.272. The Balaban J connectivity index is 1.37. The molecule has 13 nitrogen and oxygen atoms in total. The van der Waals surface area contributed by atoms with Crippen molar-refractivity contribution in [3.63, 3.8) is 0 Å². The number of fused-ring (bicyclic) bond motifs is 3. The summed E-state index contributed by atoms with van der Waals surface area (Å²) in [5.74, 6) is -1.72. The van der Waals surface area contributed by atoms with Gasteiger partial charge in [-0.3, -0.25) is 19.2 Å². The normalized spacial score (nSPS) is 20.4. The molecule has 4 amide bonds. The van der Waals surface area contributed by atoms with E-state index in [-0.39, 0.29) is 29.6 Å². The highest BCUT2D eigenvalue weighted by molar-refractivity contribution is 7.09. The first-order valence-corrected chi connectivity index (χ1v) is 14.7. The van der Waals surface area contributed by atoms with Crippen LogP contribution in [0, 0.1) is 0 Å². The van der Waals surface area contributed by atoms with Crippen molar-refractivity contribution in [1.29, 1.82) is 0 Å². The predicted molar refractivity (Wildman–Crippen MR) is 154 cm³/mol. The van der Waals surface area contributed by atoms with Crippen LogP contribution in [-0.4, -0.2) is 66.8 Å². The monoisotopic (exact) mass is 589 g/mol. The van der Waals surface area contributed by atoms with Gasteiger partial charge in [0.2, 0.25) is 17.6 Å². The fourth-order valence-corrected chi connectivity index (χ4v) is 5.44. The molecule has 1 aromatic carbocycles.